The summed E-state index contributed by atoms with van der Waals surface area (Å²) in [4.78, 5) is 26.2. The molecule has 1 aliphatic rings. The zero-order chi connectivity index (χ0) is 21.9. The van der Waals surface area contributed by atoms with Crippen LogP contribution < -0.4 is 10.2 Å². The maximum absolute atomic E-state index is 13.0. The van der Waals surface area contributed by atoms with Crippen molar-refractivity contribution in [3.8, 4) is 11.5 Å². The predicted molar refractivity (Wildman–Crippen MR) is 110 cm³/mol. The summed E-state index contributed by atoms with van der Waals surface area (Å²) in [6.45, 7) is 5.59. The summed E-state index contributed by atoms with van der Waals surface area (Å²) in [5.41, 5.74) is 3.00. The molecule has 30 heavy (non-hydrogen) atoms. The smallest absolute Gasteiger partial charge is 0.265 e. The van der Waals surface area contributed by atoms with Crippen LogP contribution in [0.3, 0.4) is 0 Å². The van der Waals surface area contributed by atoms with E-state index in [4.69, 9.17) is 15.2 Å². The van der Waals surface area contributed by atoms with Crippen LogP contribution in [-0.4, -0.2) is 45.4 Å². The number of amides is 2. The Hall–Kier alpha value is -3.39. The number of benzene rings is 2. The van der Waals surface area contributed by atoms with E-state index >= 15 is 0 Å². The first-order valence-electron chi connectivity index (χ1n) is 9.62. The highest BCUT2D eigenvalue weighted by atomic mass is 16.5. The van der Waals surface area contributed by atoms with E-state index in [1.807, 2.05) is 19.1 Å². The number of carbonyl (C=O) groups excluding carboxylic acids is 2. The van der Waals surface area contributed by atoms with E-state index in [9.17, 15) is 9.59 Å². The first-order chi connectivity index (χ1) is 14.3. The molecule has 1 heterocycles. The number of rotatable bonds is 6. The van der Waals surface area contributed by atoms with E-state index in [2.05, 4.69) is 5.16 Å². The monoisotopic (exact) mass is 411 g/mol. The summed E-state index contributed by atoms with van der Waals surface area (Å²) in [6, 6.07) is 13.7. The molecular weight excluding hydrogens is 386 g/mol. The SMILES string of the molecule is C/C(=N\O)c1ccc(Oc2ccc(C3(C)CCN(C(C)C(=O)NO)C3=O)cc2)cc1. The summed E-state index contributed by atoms with van der Waals surface area (Å²) in [7, 11) is 0. The second kappa shape index (κ2) is 8.54. The van der Waals surface area contributed by atoms with Crippen LogP contribution in [0.4, 0.5) is 0 Å². The Morgan fingerprint density at radius 3 is 2.27 bits per heavy atom. The molecule has 0 aromatic heterocycles. The highest BCUT2D eigenvalue weighted by Gasteiger charge is 2.46. The maximum Gasteiger partial charge on any atom is 0.265 e. The second-order valence-corrected chi connectivity index (χ2v) is 7.57. The number of carbonyl (C=O) groups is 2. The number of nitrogens with one attached hydrogen (secondary N) is 1. The van der Waals surface area contributed by atoms with Crippen molar-refractivity contribution in [2.45, 2.75) is 38.6 Å². The Morgan fingerprint density at radius 2 is 1.73 bits per heavy atom. The number of hydrogen-bond donors (Lipinski definition) is 3. The summed E-state index contributed by atoms with van der Waals surface area (Å²) >= 11 is 0. The molecule has 3 N–H and O–H groups in total. The van der Waals surface area contributed by atoms with E-state index in [1.54, 1.807) is 55.7 Å². The minimum Gasteiger partial charge on any atom is -0.457 e. The lowest BCUT2D eigenvalue weighted by Crippen LogP contribution is -2.47. The summed E-state index contributed by atoms with van der Waals surface area (Å²) < 4.78 is 5.85. The third-order valence-corrected chi connectivity index (χ3v) is 5.69. The number of hydroxylamine groups is 1. The molecule has 8 nitrogen and oxygen atoms in total. The van der Waals surface area contributed by atoms with Gasteiger partial charge >= 0.3 is 0 Å². The molecule has 0 radical (unpaired) electrons. The number of likely N-dealkylation sites (tertiary alicyclic amines) is 1. The number of ether oxygens (including phenoxy) is 1. The summed E-state index contributed by atoms with van der Waals surface area (Å²) in [6.07, 6.45) is 0.572. The van der Waals surface area contributed by atoms with Crippen LogP contribution in [0.15, 0.2) is 53.7 Å². The van der Waals surface area contributed by atoms with Gasteiger partial charge in [-0.05, 0) is 74.7 Å². The van der Waals surface area contributed by atoms with Crippen LogP contribution in [0.1, 0.15) is 38.3 Å². The van der Waals surface area contributed by atoms with Crippen molar-refractivity contribution in [3.05, 3.63) is 59.7 Å². The summed E-state index contributed by atoms with van der Waals surface area (Å²) in [5, 5.41) is 20.8. The van der Waals surface area contributed by atoms with Crippen molar-refractivity contribution < 1.29 is 24.7 Å². The fourth-order valence-corrected chi connectivity index (χ4v) is 3.59. The van der Waals surface area contributed by atoms with Crippen LogP contribution >= 0.6 is 0 Å². The van der Waals surface area contributed by atoms with Crippen molar-refractivity contribution in [2.24, 2.45) is 5.16 Å². The molecule has 1 aliphatic heterocycles. The quantitative estimate of drug-likeness (QED) is 0.293. The molecule has 2 aromatic carbocycles. The third kappa shape index (κ3) is 3.99. The highest BCUT2D eigenvalue weighted by Crippen LogP contribution is 2.37. The first-order valence-corrected chi connectivity index (χ1v) is 9.62. The van der Waals surface area contributed by atoms with Gasteiger partial charge in [0.05, 0.1) is 11.1 Å². The van der Waals surface area contributed by atoms with Crippen LogP contribution in [0.2, 0.25) is 0 Å². The van der Waals surface area contributed by atoms with Crippen LogP contribution in [-0.2, 0) is 15.0 Å². The van der Waals surface area contributed by atoms with Gasteiger partial charge in [-0.1, -0.05) is 17.3 Å². The van der Waals surface area contributed by atoms with E-state index in [0.29, 0.717) is 30.2 Å². The van der Waals surface area contributed by atoms with Gasteiger partial charge in [-0.3, -0.25) is 14.8 Å². The van der Waals surface area contributed by atoms with Gasteiger partial charge in [0.2, 0.25) is 5.91 Å². The van der Waals surface area contributed by atoms with Gasteiger partial charge in [0.15, 0.2) is 0 Å². The molecule has 3 rings (SSSR count). The molecule has 1 saturated heterocycles. The second-order valence-electron chi connectivity index (χ2n) is 7.57. The van der Waals surface area contributed by atoms with E-state index in [1.165, 1.54) is 4.90 Å². The van der Waals surface area contributed by atoms with Gasteiger partial charge in [0, 0.05) is 6.54 Å². The Morgan fingerprint density at radius 1 is 1.17 bits per heavy atom. The average Bonchev–Trinajstić information content (AvgIpc) is 3.08. The van der Waals surface area contributed by atoms with Crippen molar-refractivity contribution in [3.63, 3.8) is 0 Å². The van der Waals surface area contributed by atoms with Gasteiger partial charge in [0.25, 0.3) is 5.91 Å². The number of nitrogens with zero attached hydrogens (tertiary/aromatic N) is 2. The van der Waals surface area contributed by atoms with Gasteiger partial charge in [0.1, 0.15) is 17.5 Å². The molecule has 0 spiro atoms. The van der Waals surface area contributed by atoms with Gasteiger partial charge < -0.3 is 14.8 Å². The van der Waals surface area contributed by atoms with Crippen LogP contribution in [0.25, 0.3) is 0 Å². The van der Waals surface area contributed by atoms with E-state index in [-0.39, 0.29) is 5.91 Å². The normalized spacial score (nSPS) is 20.2. The molecule has 2 aromatic rings. The standard InChI is InChI=1S/C22H25N3O5/c1-14(23-28)16-4-8-18(9-5-16)30-19-10-6-17(7-11-19)22(3)12-13-25(21(22)27)15(2)20(26)24-29/h4-11,15,28-29H,12-13H2,1-3H3,(H,24,26)/b23-14+. The molecule has 2 atom stereocenters. The Bertz CT molecular complexity index is 956. The Kier molecular flexibility index (Phi) is 6.07. The molecule has 2 amide bonds. The average molecular weight is 411 g/mol. The van der Waals surface area contributed by atoms with Crippen LogP contribution in [0.5, 0.6) is 11.5 Å². The molecule has 8 heteroatoms. The van der Waals surface area contributed by atoms with Gasteiger partial charge in [-0.25, -0.2) is 5.48 Å². The molecule has 1 fully saturated rings. The molecule has 158 valence electrons. The minimum absolute atomic E-state index is 0.149. The van der Waals surface area contributed by atoms with E-state index < -0.39 is 17.4 Å². The van der Waals surface area contributed by atoms with Crippen molar-refractivity contribution in [1.82, 2.24) is 10.4 Å². The highest BCUT2D eigenvalue weighted by molar-refractivity contribution is 5.98. The lowest BCUT2D eigenvalue weighted by atomic mass is 9.81. The molecule has 2 unspecified atom stereocenters. The zero-order valence-electron chi connectivity index (χ0n) is 17.1. The van der Waals surface area contributed by atoms with Crippen molar-refractivity contribution in [1.29, 1.82) is 0 Å². The van der Waals surface area contributed by atoms with E-state index in [0.717, 1.165) is 11.1 Å². The van der Waals surface area contributed by atoms with Crippen LogP contribution in [0, 0.1) is 0 Å². The number of oxime groups is 1. The van der Waals surface area contributed by atoms with Gasteiger partial charge in [-0.2, -0.15) is 0 Å². The van der Waals surface area contributed by atoms with Gasteiger partial charge in [-0.15, -0.1) is 0 Å². The minimum atomic E-state index is -0.745. The topological polar surface area (TPSA) is 111 Å². The summed E-state index contributed by atoms with van der Waals surface area (Å²) in [5.74, 6) is 0.500. The lowest BCUT2D eigenvalue weighted by molar-refractivity contribution is -0.143. The number of hydrogen-bond acceptors (Lipinski definition) is 6. The van der Waals surface area contributed by atoms with Crippen molar-refractivity contribution >= 4 is 17.5 Å². The molecule has 0 saturated carbocycles. The predicted octanol–water partition coefficient (Wildman–Crippen LogP) is 3.06. The molecular formula is C22H25N3O5. The lowest BCUT2D eigenvalue weighted by Gasteiger charge is -2.27. The zero-order valence-corrected chi connectivity index (χ0v) is 17.1. The molecule has 0 bridgehead atoms. The fraction of sp³-hybridized carbons (Fsp3) is 0.318. The fourth-order valence-electron chi connectivity index (χ4n) is 3.59. The Labute approximate surface area is 174 Å². The van der Waals surface area contributed by atoms with Crippen molar-refractivity contribution in [2.75, 3.05) is 6.54 Å². The third-order valence-electron chi connectivity index (χ3n) is 5.69. The first kappa shape index (κ1) is 21.3. The Balaban J connectivity index is 1.72. The maximum atomic E-state index is 13.0. The largest absolute Gasteiger partial charge is 0.457 e. The molecule has 0 aliphatic carbocycles.